The molecular weight excluding hydrogens is 166 g/mol. The molecule has 0 unspecified atom stereocenters. The Bertz CT molecular complexity index is 163. The van der Waals surface area contributed by atoms with Crippen molar-refractivity contribution in [2.24, 2.45) is 0 Å². The van der Waals surface area contributed by atoms with Crippen LogP contribution in [0.1, 0.15) is 25.7 Å². The van der Waals surface area contributed by atoms with Gasteiger partial charge in [-0.25, -0.2) is 0 Å². The molecule has 2 bridgehead atoms. The summed E-state index contributed by atoms with van der Waals surface area (Å²) in [4.78, 5) is 2.47. The van der Waals surface area contributed by atoms with Crippen LogP contribution in [0.3, 0.4) is 0 Å². The van der Waals surface area contributed by atoms with Crippen LogP contribution < -0.4 is 0 Å². The molecule has 0 aromatic heterocycles. The van der Waals surface area contributed by atoms with Crippen molar-refractivity contribution in [3.63, 3.8) is 0 Å². The second-order valence-electron chi connectivity index (χ2n) is 3.98. The van der Waals surface area contributed by atoms with Crippen LogP contribution in [-0.4, -0.2) is 44.0 Å². The van der Waals surface area contributed by atoms with Crippen molar-refractivity contribution in [2.45, 2.75) is 38.0 Å². The Kier molecular flexibility index (Phi) is 3.19. The lowest BCUT2D eigenvalue weighted by molar-refractivity contribution is -0.0343. The molecule has 0 N–H and O–H groups in total. The first kappa shape index (κ1) is 9.44. The van der Waals surface area contributed by atoms with Crippen LogP contribution >= 0.6 is 0 Å². The van der Waals surface area contributed by atoms with Gasteiger partial charge in [0, 0.05) is 26.8 Å². The van der Waals surface area contributed by atoms with Gasteiger partial charge >= 0.3 is 0 Å². The van der Waals surface area contributed by atoms with E-state index in [4.69, 9.17) is 9.47 Å². The molecule has 3 heteroatoms. The van der Waals surface area contributed by atoms with Crippen LogP contribution in [0.2, 0.25) is 0 Å². The van der Waals surface area contributed by atoms with E-state index < -0.39 is 0 Å². The molecule has 2 heterocycles. The summed E-state index contributed by atoms with van der Waals surface area (Å²) in [7, 11) is 1.76. The number of methoxy groups -OCH3 is 1. The first-order chi connectivity index (χ1) is 6.40. The maximum absolute atomic E-state index is 5.83. The Morgan fingerprint density at radius 1 is 1.46 bits per heavy atom. The van der Waals surface area contributed by atoms with Gasteiger partial charge < -0.3 is 9.47 Å². The Hall–Kier alpha value is -0.120. The van der Waals surface area contributed by atoms with Crippen molar-refractivity contribution in [2.75, 3.05) is 26.8 Å². The normalized spacial score (nSPS) is 33.9. The smallest absolute Gasteiger partial charge is 0.111 e. The summed E-state index contributed by atoms with van der Waals surface area (Å²) in [6.07, 6.45) is 5.91. The van der Waals surface area contributed by atoms with Gasteiger partial charge in [-0.3, -0.25) is 4.90 Å². The molecule has 3 nitrogen and oxygen atoms in total. The number of ether oxygens (including phenoxy) is 2. The van der Waals surface area contributed by atoms with Crippen molar-refractivity contribution in [1.29, 1.82) is 0 Å². The molecule has 0 saturated carbocycles. The van der Waals surface area contributed by atoms with Crippen LogP contribution in [0.15, 0.2) is 0 Å². The van der Waals surface area contributed by atoms with E-state index in [0.29, 0.717) is 12.3 Å². The first-order valence-corrected chi connectivity index (χ1v) is 5.28. The molecule has 0 aromatic carbocycles. The van der Waals surface area contributed by atoms with E-state index in [2.05, 4.69) is 4.90 Å². The zero-order valence-electron chi connectivity index (χ0n) is 8.37. The van der Waals surface area contributed by atoms with E-state index in [1.165, 1.54) is 19.3 Å². The third kappa shape index (κ3) is 2.22. The van der Waals surface area contributed by atoms with Gasteiger partial charge in [-0.1, -0.05) is 0 Å². The van der Waals surface area contributed by atoms with Crippen LogP contribution in [0.25, 0.3) is 0 Å². The molecule has 2 atom stereocenters. The highest BCUT2D eigenvalue weighted by Gasteiger charge is 2.35. The predicted octanol–water partition coefficient (Wildman–Crippen LogP) is 1.23. The van der Waals surface area contributed by atoms with Gasteiger partial charge in [-0.2, -0.15) is 0 Å². The van der Waals surface area contributed by atoms with Crippen molar-refractivity contribution in [1.82, 2.24) is 4.90 Å². The van der Waals surface area contributed by atoms with Gasteiger partial charge in [0.25, 0.3) is 0 Å². The maximum atomic E-state index is 5.83. The van der Waals surface area contributed by atoms with Crippen molar-refractivity contribution in [3.05, 3.63) is 0 Å². The molecule has 2 aliphatic heterocycles. The molecule has 0 spiro atoms. The summed E-state index contributed by atoms with van der Waals surface area (Å²) in [6, 6.07) is 0. The van der Waals surface area contributed by atoms with Gasteiger partial charge in [-0.15, -0.1) is 0 Å². The average Bonchev–Trinajstić information content (AvgIpc) is 2.42. The quantitative estimate of drug-likeness (QED) is 0.615. The summed E-state index contributed by atoms with van der Waals surface area (Å²) in [5.74, 6) is 0. The van der Waals surface area contributed by atoms with Gasteiger partial charge in [0.1, 0.15) is 6.23 Å². The molecule has 0 aromatic rings. The number of rotatable bonds is 4. The standard InChI is InChI=1S/C10H19NO2/c1-12-7-3-6-11-8-9-4-2-5-10(11)13-9/h9-10H,2-8H2,1H3/t9-,10-/m0/s1. The second-order valence-corrected chi connectivity index (χ2v) is 3.98. The zero-order chi connectivity index (χ0) is 9.10. The number of nitrogens with zero attached hydrogens (tertiary/aromatic N) is 1. The molecule has 2 rings (SSSR count). The van der Waals surface area contributed by atoms with Crippen molar-refractivity contribution in [3.8, 4) is 0 Å². The maximum Gasteiger partial charge on any atom is 0.111 e. The fourth-order valence-electron chi connectivity index (χ4n) is 2.31. The van der Waals surface area contributed by atoms with E-state index in [-0.39, 0.29) is 0 Å². The van der Waals surface area contributed by atoms with Gasteiger partial charge in [0.15, 0.2) is 0 Å². The lowest BCUT2D eigenvalue weighted by atomic mass is 10.1. The number of likely N-dealkylation sites (tertiary alicyclic amines) is 1. The highest BCUT2D eigenvalue weighted by Crippen LogP contribution is 2.29. The van der Waals surface area contributed by atoms with Crippen LogP contribution in [0.4, 0.5) is 0 Å². The van der Waals surface area contributed by atoms with Crippen molar-refractivity contribution < 1.29 is 9.47 Å². The fourth-order valence-corrected chi connectivity index (χ4v) is 2.31. The molecule has 2 aliphatic rings. The molecular formula is C10H19NO2. The molecule has 0 radical (unpaired) electrons. The minimum absolute atomic E-state index is 0.426. The zero-order valence-corrected chi connectivity index (χ0v) is 8.37. The molecule has 13 heavy (non-hydrogen) atoms. The van der Waals surface area contributed by atoms with Gasteiger partial charge in [0.05, 0.1) is 6.10 Å². The van der Waals surface area contributed by atoms with Crippen LogP contribution in [0, 0.1) is 0 Å². The van der Waals surface area contributed by atoms with E-state index in [1.54, 1.807) is 7.11 Å². The van der Waals surface area contributed by atoms with Crippen molar-refractivity contribution >= 4 is 0 Å². The van der Waals surface area contributed by atoms with E-state index in [1.807, 2.05) is 0 Å². The summed E-state index contributed by atoms with van der Waals surface area (Å²) >= 11 is 0. The molecule has 2 saturated heterocycles. The van der Waals surface area contributed by atoms with E-state index >= 15 is 0 Å². The summed E-state index contributed by atoms with van der Waals surface area (Å²) in [5, 5.41) is 0. The first-order valence-electron chi connectivity index (χ1n) is 5.28. The minimum Gasteiger partial charge on any atom is -0.385 e. The Morgan fingerprint density at radius 2 is 2.38 bits per heavy atom. The fraction of sp³-hybridized carbons (Fsp3) is 1.00. The van der Waals surface area contributed by atoms with E-state index in [9.17, 15) is 0 Å². The summed E-state index contributed by atoms with van der Waals surface area (Å²) < 4.78 is 10.9. The van der Waals surface area contributed by atoms with Gasteiger partial charge in [-0.05, 0) is 25.7 Å². The Morgan fingerprint density at radius 3 is 3.15 bits per heavy atom. The van der Waals surface area contributed by atoms with Gasteiger partial charge in [0.2, 0.25) is 0 Å². The average molecular weight is 185 g/mol. The lowest BCUT2D eigenvalue weighted by Crippen LogP contribution is -2.31. The molecule has 0 aliphatic carbocycles. The highest BCUT2D eigenvalue weighted by molar-refractivity contribution is 4.82. The number of hydrogen-bond donors (Lipinski definition) is 0. The Labute approximate surface area is 80.0 Å². The largest absolute Gasteiger partial charge is 0.385 e. The number of fused-ring (bicyclic) bond motifs is 2. The van der Waals surface area contributed by atoms with Crippen LogP contribution in [-0.2, 0) is 9.47 Å². The predicted molar refractivity (Wildman–Crippen MR) is 50.6 cm³/mol. The summed E-state index contributed by atoms with van der Waals surface area (Å²) in [6.45, 7) is 3.15. The summed E-state index contributed by atoms with van der Waals surface area (Å²) in [5.41, 5.74) is 0. The molecule has 2 fully saturated rings. The number of hydrogen-bond acceptors (Lipinski definition) is 3. The highest BCUT2D eigenvalue weighted by atomic mass is 16.5. The monoisotopic (exact) mass is 185 g/mol. The lowest BCUT2D eigenvalue weighted by Gasteiger charge is -2.23. The third-order valence-electron chi connectivity index (χ3n) is 2.97. The minimum atomic E-state index is 0.426. The second kappa shape index (κ2) is 4.40. The topological polar surface area (TPSA) is 21.7 Å². The third-order valence-corrected chi connectivity index (χ3v) is 2.97. The van der Waals surface area contributed by atoms with E-state index in [0.717, 1.165) is 26.1 Å². The SMILES string of the molecule is COCCCN1C[C@@H]2CCC[C@@H]1O2. The Balaban J connectivity index is 1.74. The molecule has 0 amide bonds. The van der Waals surface area contributed by atoms with Crippen LogP contribution in [0.5, 0.6) is 0 Å². The molecule has 76 valence electrons.